The molecule has 2 N–H and O–H groups in total. The molecular weight excluding hydrogens is 260 g/mol. The predicted molar refractivity (Wildman–Crippen MR) is 75.7 cm³/mol. The number of carboxylic acids is 1. The molecule has 1 aliphatic carbocycles. The lowest BCUT2D eigenvalue weighted by Gasteiger charge is -2.32. The van der Waals surface area contributed by atoms with Crippen LogP contribution in [0.3, 0.4) is 0 Å². The lowest BCUT2D eigenvalue weighted by Crippen LogP contribution is -2.50. The van der Waals surface area contributed by atoms with E-state index in [1.165, 1.54) is 6.42 Å². The lowest BCUT2D eigenvalue weighted by molar-refractivity contribution is -0.139. The molecule has 1 rings (SSSR count). The lowest BCUT2D eigenvalue weighted by atomic mass is 9.95. The summed E-state index contributed by atoms with van der Waals surface area (Å²) in [4.78, 5) is 24.9. The number of rotatable bonds is 7. The van der Waals surface area contributed by atoms with Crippen LogP contribution >= 0.6 is 0 Å². The maximum atomic E-state index is 12.1. The number of hydrogen-bond donors (Lipinski definition) is 2. The molecular formula is C14H26N2O4. The Morgan fingerprint density at radius 2 is 2.00 bits per heavy atom. The number of amides is 2. The summed E-state index contributed by atoms with van der Waals surface area (Å²) in [7, 11) is 3.32. The van der Waals surface area contributed by atoms with Gasteiger partial charge in [-0.3, -0.25) is 0 Å². The summed E-state index contributed by atoms with van der Waals surface area (Å²) >= 11 is 0. The van der Waals surface area contributed by atoms with Crippen LogP contribution in [0.5, 0.6) is 0 Å². The normalized spacial score (nSPS) is 17.5. The molecule has 0 aromatic carbocycles. The highest BCUT2D eigenvalue weighted by Crippen LogP contribution is 2.21. The maximum absolute atomic E-state index is 12.1. The Morgan fingerprint density at radius 1 is 1.35 bits per heavy atom. The van der Waals surface area contributed by atoms with Crippen molar-refractivity contribution >= 4 is 12.0 Å². The van der Waals surface area contributed by atoms with E-state index in [1.807, 2.05) is 0 Å². The summed E-state index contributed by atoms with van der Waals surface area (Å²) in [6, 6.07) is -0.900. The molecule has 0 radical (unpaired) electrons. The number of hydrogen-bond acceptors (Lipinski definition) is 3. The molecule has 0 aromatic heterocycles. The number of carboxylic acid groups (broad SMARTS) is 1. The highest BCUT2D eigenvalue weighted by atomic mass is 16.5. The molecule has 0 aliphatic heterocycles. The number of carbonyl (C=O) groups is 2. The number of urea groups is 1. The highest BCUT2D eigenvalue weighted by Gasteiger charge is 2.26. The smallest absolute Gasteiger partial charge is 0.326 e. The second kappa shape index (κ2) is 8.79. The van der Waals surface area contributed by atoms with Crippen molar-refractivity contribution in [1.29, 1.82) is 0 Å². The molecule has 1 atom stereocenters. The van der Waals surface area contributed by atoms with Crippen molar-refractivity contribution in [1.82, 2.24) is 10.2 Å². The molecule has 0 heterocycles. The molecule has 1 aliphatic rings. The first-order valence-corrected chi connectivity index (χ1v) is 7.31. The van der Waals surface area contributed by atoms with Crippen molar-refractivity contribution in [3.8, 4) is 0 Å². The van der Waals surface area contributed by atoms with Crippen LogP contribution in [0.2, 0.25) is 0 Å². The number of ether oxygens (including phenoxy) is 1. The van der Waals surface area contributed by atoms with Crippen LogP contribution in [0.4, 0.5) is 4.79 Å². The van der Waals surface area contributed by atoms with Crippen LogP contribution in [-0.4, -0.2) is 54.9 Å². The van der Waals surface area contributed by atoms with Gasteiger partial charge in [0.1, 0.15) is 6.04 Å². The summed E-state index contributed by atoms with van der Waals surface area (Å²) in [6.45, 7) is 0.498. The van der Waals surface area contributed by atoms with Gasteiger partial charge >= 0.3 is 12.0 Å². The zero-order valence-corrected chi connectivity index (χ0v) is 12.4. The van der Waals surface area contributed by atoms with Gasteiger partial charge in [-0.05, 0) is 25.7 Å². The van der Waals surface area contributed by atoms with Gasteiger partial charge in [-0.15, -0.1) is 0 Å². The van der Waals surface area contributed by atoms with E-state index in [0.717, 1.165) is 25.7 Å². The maximum Gasteiger partial charge on any atom is 0.326 e. The largest absolute Gasteiger partial charge is 0.480 e. The van der Waals surface area contributed by atoms with E-state index in [2.05, 4.69) is 5.32 Å². The fourth-order valence-corrected chi connectivity index (χ4v) is 2.57. The average Bonchev–Trinajstić information content (AvgIpc) is 2.46. The first kappa shape index (κ1) is 16.8. The van der Waals surface area contributed by atoms with Crippen LogP contribution in [0.15, 0.2) is 0 Å². The van der Waals surface area contributed by atoms with E-state index in [-0.39, 0.29) is 12.1 Å². The SMILES string of the molecule is COCCCC(NC(=O)N(C)C1CCCCC1)C(=O)O. The molecule has 2 amide bonds. The fourth-order valence-electron chi connectivity index (χ4n) is 2.57. The zero-order valence-electron chi connectivity index (χ0n) is 12.4. The van der Waals surface area contributed by atoms with Crippen molar-refractivity contribution in [2.75, 3.05) is 20.8 Å². The zero-order chi connectivity index (χ0) is 15.0. The van der Waals surface area contributed by atoms with E-state index in [9.17, 15) is 9.59 Å². The number of carbonyl (C=O) groups excluding carboxylic acids is 1. The minimum absolute atomic E-state index is 0.233. The molecule has 6 nitrogen and oxygen atoms in total. The van der Waals surface area contributed by atoms with Crippen molar-refractivity contribution in [2.45, 2.75) is 57.0 Å². The van der Waals surface area contributed by atoms with E-state index in [1.54, 1.807) is 19.1 Å². The van der Waals surface area contributed by atoms with Gasteiger partial charge in [0.2, 0.25) is 0 Å². The van der Waals surface area contributed by atoms with E-state index in [4.69, 9.17) is 9.84 Å². The van der Waals surface area contributed by atoms with Crippen LogP contribution in [0.25, 0.3) is 0 Å². The Labute approximate surface area is 120 Å². The summed E-state index contributed by atoms with van der Waals surface area (Å²) in [5.74, 6) is -0.994. The van der Waals surface area contributed by atoms with E-state index in [0.29, 0.717) is 19.4 Å². The van der Waals surface area contributed by atoms with E-state index >= 15 is 0 Å². The number of aliphatic carboxylic acids is 1. The van der Waals surface area contributed by atoms with Gasteiger partial charge in [0.25, 0.3) is 0 Å². The first-order chi connectivity index (χ1) is 9.56. The first-order valence-electron chi connectivity index (χ1n) is 7.31. The molecule has 1 fully saturated rings. The Morgan fingerprint density at radius 3 is 2.55 bits per heavy atom. The third-order valence-corrected chi connectivity index (χ3v) is 3.88. The minimum atomic E-state index is -0.994. The third kappa shape index (κ3) is 5.36. The van der Waals surface area contributed by atoms with Gasteiger partial charge < -0.3 is 20.1 Å². The van der Waals surface area contributed by atoms with Gasteiger partial charge in [-0.25, -0.2) is 9.59 Å². The number of methoxy groups -OCH3 is 1. The van der Waals surface area contributed by atoms with Gasteiger partial charge in [0, 0.05) is 26.8 Å². The summed E-state index contributed by atoms with van der Waals surface area (Å²) in [5, 5.41) is 11.7. The molecule has 0 bridgehead atoms. The molecule has 1 saturated carbocycles. The Bertz CT molecular complexity index is 316. The molecule has 0 spiro atoms. The van der Waals surface area contributed by atoms with Gasteiger partial charge in [0.05, 0.1) is 0 Å². The van der Waals surface area contributed by atoms with Crippen LogP contribution in [0, 0.1) is 0 Å². The minimum Gasteiger partial charge on any atom is -0.480 e. The summed E-state index contributed by atoms with van der Waals surface area (Å²) < 4.78 is 4.90. The molecule has 1 unspecified atom stereocenters. The molecule has 0 aromatic rings. The summed E-state index contributed by atoms with van der Waals surface area (Å²) in [5.41, 5.74) is 0. The Balaban J connectivity index is 2.45. The Hall–Kier alpha value is -1.30. The second-order valence-corrected chi connectivity index (χ2v) is 5.38. The molecule has 6 heteroatoms. The third-order valence-electron chi connectivity index (χ3n) is 3.88. The highest BCUT2D eigenvalue weighted by molar-refractivity contribution is 5.82. The molecule has 0 saturated heterocycles. The van der Waals surface area contributed by atoms with E-state index < -0.39 is 12.0 Å². The van der Waals surface area contributed by atoms with Crippen molar-refractivity contribution in [2.24, 2.45) is 0 Å². The monoisotopic (exact) mass is 286 g/mol. The molecule has 20 heavy (non-hydrogen) atoms. The van der Waals surface area contributed by atoms with Crippen LogP contribution < -0.4 is 5.32 Å². The second-order valence-electron chi connectivity index (χ2n) is 5.38. The Kier molecular flexibility index (Phi) is 7.36. The van der Waals surface area contributed by atoms with Crippen molar-refractivity contribution < 1.29 is 19.4 Å². The van der Waals surface area contributed by atoms with Gasteiger partial charge in [-0.1, -0.05) is 19.3 Å². The number of nitrogens with one attached hydrogen (secondary N) is 1. The molecule has 116 valence electrons. The van der Waals surface area contributed by atoms with Gasteiger partial charge in [0.15, 0.2) is 0 Å². The van der Waals surface area contributed by atoms with Gasteiger partial charge in [-0.2, -0.15) is 0 Å². The topological polar surface area (TPSA) is 78.9 Å². The fraction of sp³-hybridized carbons (Fsp3) is 0.857. The quantitative estimate of drug-likeness (QED) is 0.700. The van der Waals surface area contributed by atoms with Crippen molar-refractivity contribution in [3.05, 3.63) is 0 Å². The predicted octanol–water partition coefficient (Wildman–Crippen LogP) is 1.84. The standard InChI is InChI=1S/C14H26N2O4/c1-16(11-7-4-3-5-8-11)14(19)15-12(13(17)18)9-6-10-20-2/h11-12H,3-10H2,1-2H3,(H,15,19)(H,17,18). The van der Waals surface area contributed by atoms with Crippen molar-refractivity contribution in [3.63, 3.8) is 0 Å². The van der Waals surface area contributed by atoms with Crippen LogP contribution in [-0.2, 0) is 9.53 Å². The van der Waals surface area contributed by atoms with Crippen LogP contribution in [0.1, 0.15) is 44.9 Å². The number of nitrogens with zero attached hydrogens (tertiary/aromatic N) is 1. The summed E-state index contributed by atoms with van der Waals surface area (Å²) in [6.07, 6.45) is 6.50. The average molecular weight is 286 g/mol.